The van der Waals surface area contributed by atoms with Crippen LogP contribution in [0.4, 0.5) is 11.4 Å². The molecule has 214 valence electrons. The van der Waals surface area contributed by atoms with Gasteiger partial charge in [-0.1, -0.05) is 65.7 Å². The fourth-order valence-electron chi connectivity index (χ4n) is 4.69. The third-order valence-electron chi connectivity index (χ3n) is 6.94. The maximum Gasteiger partial charge on any atom is 0.242 e. The molecule has 8 nitrogen and oxygen atoms in total. The highest BCUT2D eigenvalue weighted by Gasteiger charge is 2.26. The van der Waals surface area contributed by atoms with Crippen molar-refractivity contribution < 1.29 is 17.9 Å². The van der Waals surface area contributed by atoms with Crippen molar-refractivity contribution in [2.45, 2.75) is 6.04 Å². The molecule has 3 aromatic rings. The van der Waals surface area contributed by atoms with E-state index >= 15 is 0 Å². The fourth-order valence-corrected chi connectivity index (χ4v) is 5.56. The van der Waals surface area contributed by atoms with Gasteiger partial charge in [-0.3, -0.25) is 14.4 Å². The van der Waals surface area contributed by atoms with Gasteiger partial charge in [-0.2, -0.15) is 0 Å². The molecule has 0 saturated carbocycles. The molecule has 0 radical (unpaired) electrons. The molecular formula is C29H34Cl2N4O4S. The number of hydrogen-bond donors (Lipinski definition) is 1. The Morgan fingerprint density at radius 3 is 2.33 bits per heavy atom. The highest BCUT2D eigenvalue weighted by Crippen LogP contribution is 2.31. The van der Waals surface area contributed by atoms with Gasteiger partial charge in [0.05, 0.1) is 47.8 Å². The Balaban J connectivity index is 1.57. The summed E-state index contributed by atoms with van der Waals surface area (Å²) in [6.45, 7) is 3.74. The lowest BCUT2D eigenvalue weighted by atomic mass is 9.98. The molecule has 1 fully saturated rings. The van der Waals surface area contributed by atoms with Crippen LogP contribution in [-0.2, 0) is 19.6 Å². The molecule has 1 aliphatic rings. The average molecular weight is 606 g/mol. The number of hydrogen-bond acceptors (Lipinski definition) is 6. The minimum absolute atomic E-state index is 0.0430. The summed E-state index contributed by atoms with van der Waals surface area (Å²) in [7, 11) is 0.246. The number of carbonyl (C=O) groups excluding carboxylic acids is 1. The number of morpholine rings is 1. The van der Waals surface area contributed by atoms with E-state index in [1.165, 1.54) is 0 Å². The van der Waals surface area contributed by atoms with Crippen LogP contribution in [0.3, 0.4) is 0 Å². The molecule has 0 aliphatic carbocycles. The van der Waals surface area contributed by atoms with Gasteiger partial charge in [0.2, 0.25) is 15.9 Å². The molecular weight excluding hydrogens is 571 g/mol. The minimum Gasteiger partial charge on any atom is -0.379 e. The first-order valence-electron chi connectivity index (χ1n) is 12.9. The van der Waals surface area contributed by atoms with E-state index in [1.54, 1.807) is 29.2 Å². The summed E-state index contributed by atoms with van der Waals surface area (Å²) in [5.74, 6) is -0.0430. The van der Waals surface area contributed by atoms with Crippen molar-refractivity contribution in [2.24, 2.45) is 0 Å². The molecule has 1 saturated heterocycles. The van der Waals surface area contributed by atoms with E-state index in [0.29, 0.717) is 35.5 Å². The number of amides is 1. The molecule has 1 aliphatic heterocycles. The van der Waals surface area contributed by atoms with Gasteiger partial charge in [0.15, 0.2) is 0 Å². The van der Waals surface area contributed by atoms with E-state index in [1.807, 2.05) is 61.5 Å². The van der Waals surface area contributed by atoms with E-state index in [4.69, 9.17) is 27.9 Å². The van der Waals surface area contributed by atoms with Gasteiger partial charge < -0.3 is 14.5 Å². The SMILES string of the molecule is CN(CC(=O)N(C)C(CN1CCOCC1)c1ccc(-c2ccccc2NS(C)(=O)=O)cc1)c1ccc(Cl)c(Cl)c1. The number of benzene rings is 3. The quantitative estimate of drug-likeness (QED) is 0.351. The van der Waals surface area contributed by atoms with Crippen molar-refractivity contribution in [1.29, 1.82) is 0 Å². The molecule has 0 spiro atoms. The van der Waals surface area contributed by atoms with E-state index < -0.39 is 10.0 Å². The van der Waals surface area contributed by atoms with Gasteiger partial charge in [0.25, 0.3) is 0 Å². The summed E-state index contributed by atoms with van der Waals surface area (Å²) in [6, 6.07) is 20.3. The average Bonchev–Trinajstić information content (AvgIpc) is 2.93. The Kier molecular flexibility index (Phi) is 9.97. The molecule has 1 amide bonds. The number of nitrogens with zero attached hydrogens (tertiary/aromatic N) is 3. The molecule has 1 atom stereocenters. The van der Waals surface area contributed by atoms with Crippen molar-refractivity contribution in [3.8, 4) is 11.1 Å². The van der Waals surface area contributed by atoms with Crippen LogP contribution in [0.2, 0.25) is 10.0 Å². The molecule has 1 unspecified atom stereocenters. The lowest BCUT2D eigenvalue weighted by molar-refractivity contribution is -0.131. The summed E-state index contributed by atoms with van der Waals surface area (Å²) in [5, 5.41) is 0.899. The number of para-hydroxylation sites is 1. The third kappa shape index (κ3) is 7.89. The highest BCUT2D eigenvalue weighted by molar-refractivity contribution is 7.92. The van der Waals surface area contributed by atoms with Gasteiger partial charge in [-0.05, 0) is 35.4 Å². The number of halogens is 2. The number of carbonyl (C=O) groups is 1. The van der Waals surface area contributed by atoms with Gasteiger partial charge in [-0.25, -0.2) is 8.42 Å². The third-order valence-corrected chi connectivity index (χ3v) is 8.27. The summed E-state index contributed by atoms with van der Waals surface area (Å²) in [5.41, 5.74) is 3.94. The van der Waals surface area contributed by atoms with Gasteiger partial charge in [0, 0.05) is 45.0 Å². The van der Waals surface area contributed by atoms with E-state index in [9.17, 15) is 13.2 Å². The molecule has 11 heteroatoms. The van der Waals surface area contributed by atoms with Crippen LogP contribution >= 0.6 is 23.2 Å². The minimum atomic E-state index is -3.43. The second-order valence-electron chi connectivity index (χ2n) is 9.93. The predicted molar refractivity (Wildman–Crippen MR) is 163 cm³/mol. The number of nitrogens with one attached hydrogen (secondary N) is 1. The lowest BCUT2D eigenvalue weighted by Gasteiger charge is -2.36. The summed E-state index contributed by atoms with van der Waals surface area (Å²) in [4.78, 5) is 19.5. The zero-order chi connectivity index (χ0) is 28.9. The van der Waals surface area contributed by atoms with E-state index in [2.05, 4.69) is 9.62 Å². The first-order chi connectivity index (χ1) is 19.0. The first-order valence-corrected chi connectivity index (χ1v) is 15.6. The van der Waals surface area contributed by atoms with Crippen molar-refractivity contribution >= 4 is 50.5 Å². The summed E-state index contributed by atoms with van der Waals surface area (Å²) in [6.07, 6.45) is 1.13. The van der Waals surface area contributed by atoms with Gasteiger partial charge >= 0.3 is 0 Å². The highest BCUT2D eigenvalue weighted by atomic mass is 35.5. The number of anilines is 2. The van der Waals surface area contributed by atoms with Crippen LogP contribution in [0.1, 0.15) is 11.6 Å². The molecule has 3 aromatic carbocycles. The van der Waals surface area contributed by atoms with Crippen LogP contribution in [-0.4, -0.2) is 83.9 Å². The van der Waals surface area contributed by atoms with Gasteiger partial charge in [0.1, 0.15) is 0 Å². The van der Waals surface area contributed by atoms with Crippen molar-refractivity contribution in [1.82, 2.24) is 9.80 Å². The Morgan fingerprint density at radius 1 is 1.00 bits per heavy atom. The topological polar surface area (TPSA) is 82.2 Å². The molecule has 0 aromatic heterocycles. The Hall–Kier alpha value is -2.82. The number of ether oxygens (including phenoxy) is 1. The molecule has 40 heavy (non-hydrogen) atoms. The molecule has 4 rings (SSSR count). The Bertz CT molecular complexity index is 1430. The summed E-state index contributed by atoms with van der Waals surface area (Å²) < 4.78 is 31.9. The Morgan fingerprint density at radius 2 is 1.68 bits per heavy atom. The zero-order valence-corrected chi connectivity index (χ0v) is 25.1. The number of likely N-dealkylation sites (N-methyl/N-ethyl adjacent to an activating group) is 2. The number of rotatable bonds is 10. The van der Waals surface area contributed by atoms with E-state index in [-0.39, 0.29) is 18.5 Å². The van der Waals surface area contributed by atoms with E-state index in [0.717, 1.165) is 41.7 Å². The van der Waals surface area contributed by atoms with Crippen LogP contribution in [0, 0.1) is 0 Å². The van der Waals surface area contributed by atoms with Crippen LogP contribution in [0.5, 0.6) is 0 Å². The lowest BCUT2D eigenvalue weighted by Crippen LogP contribution is -2.45. The van der Waals surface area contributed by atoms with Crippen molar-refractivity contribution in [3.63, 3.8) is 0 Å². The van der Waals surface area contributed by atoms with Crippen molar-refractivity contribution in [3.05, 3.63) is 82.3 Å². The van der Waals surface area contributed by atoms with Crippen molar-refractivity contribution in [2.75, 3.05) is 69.4 Å². The number of sulfonamides is 1. The standard InChI is InChI=1S/C29H34Cl2N4O4S/c1-33(23-12-13-25(30)26(31)18-23)20-29(36)34(2)28(19-35-14-16-39-17-15-35)22-10-8-21(9-11-22)24-6-4-5-7-27(24)32-40(3,37)38/h4-13,18,28,32H,14-17,19-20H2,1-3H3. The molecule has 1 N–H and O–H groups in total. The van der Waals surface area contributed by atoms with Crippen LogP contribution < -0.4 is 9.62 Å². The zero-order valence-electron chi connectivity index (χ0n) is 22.8. The second kappa shape index (κ2) is 13.2. The predicted octanol–water partition coefficient (Wildman–Crippen LogP) is 5.00. The monoisotopic (exact) mass is 604 g/mol. The Labute approximate surface area is 246 Å². The smallest absolute Gasteiger partial charge is 0.242 e. The normalized spacial score (nSPS) is 14.9. The first kappa shape index (κ1) is 30.1. The van der Waals surface area contributed by atoms with Gasteiger partial charge in [-0.15, -0.1) is 0 Å². The second-order valence-corrected chi connectivity index (χ2v) is 12.5. The maximum atomic E-state index is 13.5. The summed E-state index contributed by atoms with van der Waals surface area (Å²) >= 11 is 12.3. The van der Waals surface area contributed by atoms with Crippen LogP contribution in [0.15, 0.2) is 66.7 Å². The maximum absolute atomic E-state index is 13.5. The molecule has 0 bridgehead atoms. The van der Waals surface area contributed by atoms with Crippen LogP contribution in [0.25, 0.3) is 11.1 Å². The fraction of sp³-hybridized carbons (Fsp3) is 0.345. The molecule has 1 heterocycles. The largest absolute Gasteiger partial charge is 0.379 e.